The van der Waals surface area contributed by atoms with E-state index in [1.165, 1.54) is 20.2 Å². The molecule has 0 saturated carbocycles. The highest BCUT2D eigenvalue weighted by atomic mass is 16.5. The molecule has 9 nitrogen and oxygen atoms in total. The molecule has 146 valence electrons. The number of hydrogen-bond acceptors (Lipinski definition) is 7. The molecule has 0 aliphatic carbocycles. The van der Waals surface area contributed by atoms with Gasteiger partial charge in [-0.05, 0) is 30.3 Å². The van der Waals surface area contributed by atoms with Crippen LogP contribution in [0.4, 0.5) is 11.6 Å². The van der Waals surface area contributed by atoms with Gasteiger partial charge in [-0.2, -0.15) is 0 Å². The summed E-state index contributed by atoms with van der Waals surface area (Å²) in [5.74, 6) is -0.326. The van der Waals surface area contributed by atoms with E-state index in [0.29, 0.717) is 37.4 Å². The van der Waals surface area contributed by atoms with Gasteiger partial charge in [-0.3, -0.25) is 9.59 Å². The third kappa shape index (κ3) is 4.43. The molecule has 0 spiro atoms. The highest BCUT2D eigenvalue weighted by Crippen LogP contribution is 2.15. The van der Waals surface area contributed by atoms with Crippen molar-refractivity contribution in [1.82, 2.24) is 19.8 Å². The zero-order chi connectivity index (χ0) is 20.1. The number of ether oxygens (including phenoxy) is 1. The number of nitrogens with one attached hydrogen (secondary N) is 1. The molecule has 1 fully saturated rings. The predicted molar refractivity (Wildman–Crippen MR) is 101 cm³/mol. The molecular formula is C19H21N5O4. The molecule has 1 aromatic carbocycles. The zero-order valence-corrected chi connectivity index (χ0v) is 15.7. The van der Waals surface area contributed by atoms with E-state index in [1.807, 2.05) is 0 Å². The normalized spacial score (nSPS) is 13.8. The van der Waals surface area contributed by atoms with E-state index in [1.54, 1.807) is 40.1 Å². The van der Waals surface area contributed by atoms with Crippen molar-refractivity contribution in [3.63, 3.8) is 0 Å². The van der Waals surface area contributed by atoms with Gasteiger partial charge in [0, 0.05) is 45.0 Å². The van der Waals surface area contributed by atoms with Crippen molar-refractivity contribution in [1.29, 1.82) is 0 Å². The van der Waals surface area contributed by atoms with Gasteiger partial charge in [0.15, 0.2) is 0 Å². The van der Waals surface area contributed by atoms with Crippen molar-refractivity contribution in [2.24, 2.45) is 0 Å². The van der Waals surface area contributed by atoms with Crippen molar-refractivity contribution < 1.29 is 19.1 Å². The predicted octanol–water partition coefficient (Wildman–Crippen LogP) is 1.31. The molecule has 28 heavy (non-hydrogen) atoms. The van der Waals surface area contributed by atoms with Gasteiger partial charge in [0.25, 0.3) is 5.91 Å². The number of methoxy groups -OCH3 is 1. The second kappa shape index (κ2) is 8.47. The van der Waals surface area contributed by atoms with E-state index in [0.717, 1.165) is 0 Å². The van der Waals surface area contributed by atoms with Gasteiger partial charge >= 0.3 is 5.97 Å². The lowest BCUT2D eigenvalue weighted by molar-refractivity contribution is -0.130. The molecule has 1 aromatic heterocycles. The highest BCUT2D eigenvalue weighted by Gasteiger charge is 2.24. The first-order valence-electron chi connectivity index (χ1n) is 8.81. The maximum atomic E-state index is 12.7. The molecule has 2 heterocycles. The second-order valence-corrected chi connectivity index (χ2v) is 6.26. The Morgan fingerprint density at radius 2 is 1.64 bits per heavy atom. The maximum Gasteiger partial charge on any atom is 0.337 e. The molecular weight excluding hydrogens is 362 g/mol. The summed E-state index contributed by atoms with van der Waals surface area (Å²) in [6, 6.07) is 8.21. The molecule has 1 saturated heterocycles. The fourth-order valence-electron chi connectivity index (χ4n) is 2.86. The monoisotopic (exact) mass is 383 g/mol. The Morgan fingerprint density at radius 1 is 1.00 bits per heavy atom. The van der Waals surface area contributed by atoms with Gasteiger partial charge in [0.05, 0.1) is 12.7 Å². The molecule has 0 atom stereocenters. The standard InChI is InChI=1S/C19H21N5O4/c1-13(25)23-9-11-24(12-10-23)17(26)16-7-8-20-19(22-16)21-15-5-3-14(4-6-15)18(27)28-2/h3-8H,9-12H2,1-2H3,(H,20,21,22). The Labute approximate surface area is 162 Å². The lowest BCUT2D eigenvalue weighted by atomic mass is 10.2. The van der Waals surface area contributed by atoms with Gasteiger partial charge in [-0.1, -0.05) is 0 Å². The molecule has 0 bridgehead atoms. The molecule has 2 aromatic rings. The molecule has 0 radical (unpaired) electrons. The summed E-state index contributed by atoms with van der Waals surface area (Å²) in [7, 11) is 1.32. The van der Waals surface area contributed by atoms with Gasteiger partial charge in [0.1, 0.15) is 5.69 Å². The molecule has 3 rings (SSSR count). The smallest absolute Gasteiger partial charge is 0.337 e. The number of piperazine rings is 1. The molecule has 1 N–H and O–H groups in total. The minimum atomic E-state index is -0.416. The molecule has 1 aliphatic heterocycles. The van der Waals surface area contributed by atoms with Crippen LogP contribution in [0.1, 0.15) is 27.8 Å². The van der Waals surface area contributed by atoms with Crippen LogP contribution in [0.3, 0.4) is 0 Å². The van der Waals surface area contributed by atoms with Crippen LogP contribution >= 0.6 is 0 Å². The number of esters is 1. The van der Waals surface area contributed by atoms with E-state index in [-0.39, 0.29) is 23.5 Å². The van der Waals surface area contributed by atoms with Crippen molar-refractivity contribution >= 4 is 29.4 Å². The number of nitrogens with zero attached hydrogens (tertiary/aromatic N) is 4. The number of rotatable bonds is 4. The summed E-state index contributed by atoms with van der Waals surface area (Å²) in [5, 5.41) is 3.01. The fourth-order valence-corrected chi connectivity index (χ4v) is 2.86. The first-order valence-corrected chi connectivity index (χ1v) is 8.81. The minimum Gasteiger partial charge on any atom is -0.465 e. The van der Waals surface area contributed by atoms with Crippen molar-refractivity contribution in [2.45, 2.75) is 6.92 Å². The number of aromatic nitrogens is 2. The Kier molecular flexibility index (Phi) is 5.83. The topological polar surface area (TPSA) is 105 Å². The van der Waals surface area contributed by atoms with Gasteiger partial charge in [-0.15, -0.1) is 0 Å². The van der Waals surface area contributed by atoms with Crippen molar-refractivity contribution in [2.75, 3.05) is 38.6 Å². The number of anilines is 2. The van der Waals surface area contributed by atoms with Crippen molar-refractivity contribution in [3.8, 4) is 0 Å². The zero-order valence-electron chi connectivity index (χ0n) is 15.7. The second-order valence-electron chi connectivity index (χ2n) is 6.26. The largest absolute Gasteiger partial charge is 0.465 e. The molecule has 1 aliphatic rings. The maximum absolute atomic E-state index is 12.7. The van der Waals surface area contributed by atoms with Crippen LogP contribution in [-0.4, -0.2) is 70.8 Å². The quantitative estimate of drug-likeness (QED) is 0.794. The van der Waals surface area contributed by atoms with E-state index >= 15 is 0 Å². The third-order valence-electron chi connectivity index (χ3n) is 4.45. The first-order chi connectivity index (χ1) is 13.5. The highest BCUT2D eigenvalue weighted by molar-refractivity contribution is 5.93. The summed E-state index contributed by atoms with van der Waals surface area (Å²) in [5.41, 5.74) is 1.38. The summed E-state index contributed by atoms with van der Waals surface area (Å²) < 4.78 is 4.67. The van der Waals surface area contributed by atoms with E-state index < -0.39 is 5.97 Å². The van der Waals surface area contributed by atoms with E-state index in [2.05, 4.69) is 20.0 Å². The third-order valence-corrected chi connectivity index (χ3v) is 4.45. The number of carbonyl (C=O) groups excluding carboxylic acids is 3. The summed E-state index contributed by atoms with van der Waals surface area (Å²) in [6.45, 7) is 3.51. The Morgan fingerprint density at radius 3 is 2.25 bits per heavy atom. The van der Waals surface area contributed by atoms with Crippen LogP contribution in [0.25, 0.3) is 0 Å². The molecule has 2 amide bonds. The summed E-state index contributed by atoms with van der Waals surface area (Å²) >= 11 is 0. The molecule has 9 heteroatoms. The van der Waals surface area contributed by atoms with Gasteiger partial charge < -0.3 is 19.9 Å². The summed E-state index contributed by atoms with van der Waals surface area (Å²) in [6.07, 6.45) is 1.51. The van der Waals surface area contributed by atoms with E-state index in [4.69, 9.17) is 0 Å². The Balaban J connectivity index is 1.66. The first kappa shape index (κ1) is 19.3. The number of benzene rings is 1. The van der Waals surface area contributed by atoms with Crippen LogP contribution in [0.2, 0.25) is 0 Å². The van der Waals surface area contributed by atoms with Crippen LogP contribution in [-0.2, 0) is 9.53 Å². The van der Waals surface area contributed by atoms with Crippen LogP contribution in [0.5, 0.6) is 0 Å². The number of hydrogen-bond donors (Lipinski definition) is 1. The van der Waals surface area contributed by atoms with E-state index in [9.17, 15) is 14.4 Å². The van der Waals surface area contributed by atoms with Crippen LogP contribution in [0, 0.1) is 0 Å². The lowest BCUT2D eigenvalue weighted by Gasteiger charge is -2.34. The lowest BCUT2D eigenvalue weighted by Crippen LogP contribution is -2.50. The van der Waals surface area contributed by atoms with Crippen molar-refractivity contribution in [3.05, 3.63) is 47.8 Å². The Hall–Kier alpha value is -3.49. The fraction of sp³-hybridized carbons (Fsp3) is 0.316. The van der Waals surface area contributed by atoms with Crippen LogP contribution in [0.15, 0.2) is 36.5 Å². The van der Waals surface area contributed by atoms with Crippen LogP contribution < -0.4 is 5.32 Å². The SMILES string of the molecule is COC(=O)c1ccc(Nc2nccc(C(=O)N3CCN(C(C)=O)CC3)n2)cc1. The Bertz CT molecular complexity index is 876. The average molecular weight is 383 g/mol. The summed E-state index contributed by atoms with van der Waals surface area (Å²) in [4.78, 5) is 47.4. The molecule has 0 unspecified atom stereocenters. The average Bonchev–Trinajstić information content (AvgIpc) is 2.73. The number of carbonyl (C=O) groups is 3. The number of amides is 2. The minimum absolute atomic E-state index is 0.0128. The van der Waals surface area contributed by atoms with Gasteiger partial charge in [-0.25, -0.2) is 14.8 Å². The van der Waals surface area contributed by atoms with Gasteiger partial charge in [0.2, 0.25) is 11.9 Å².